The van der Waals surface area contributed by atoms with Gasteiger partial charge in [-0.1, -0.05) is 24.3 Å². The third-order valence-electron chi connectivity index (χ3n) is 6.31. The Bertz CT molecular complexity index is 1730. The number of carbonyl (C=O) groups is 1. The first-order chi connectivity index (χ1) is 17.9. The lowest BCUT2D eigenvalue weighted by Crippen LogP contribution is -2.26. The van der Waals surface area contributed by atoms with Crippen LogP contribution in [-0.2, 0) is 26.6 Å². The van der Waals surface area contributed by atoms with Crippen molar-refractivity contribution in [2.45, 2.75) is 19.5 Å². The molecule has 6 rings (SSSR count). The number of rotatable bonds is 5. The van der Waals surface area contributed by atoms with Crippen molar-refractivity contribution in [1.29, 1.82) is 0 Å². The minimum atomic E-state index is -0.603. The van der Waals surface area contributed by atoms with Crippen LogP contribution < -0.4 is 10.9 Å². The van der Waals surface area contributed by atoms with Crippen molar-refractivity contribution in [3.8, 4) is 0 Å². The van der Waals surface area contributed by atoms with Gasteiger partial charge in [0.05, 0.1) is 40.8 Å². The molecule has 10 nitrogen and oxygen atoms in total. The largest absolute Gasteiger partial charge is 0.328 e. The molecule has 11 heteroatoms. The van der Waals surface area contributed by atoms with Gasteiger partial charge < -0.3 is 10.2 Å². The summed E-state index contributed by atoms with van der Waals surface area (Å²) in [6.45, 7) is 0.533. The Hall–Kier alpha value is -4.93. The Labute approximate surface area is 209 Å². The van der Waals surface area contributed by atoms with Gasteiger partial charge in [-0.05, 0) is 23.8 Å². The molecule has 1 amide bonds. The number of amides is 1. The summed E-state index contributed by atoms with van der Waals surface area (Å²) in [5.41, 5.74) is 3.30. The van der Waals surface area contributed by atoms with Crippen LogP contribution in [0.25, 0.3) is 10.8 Å². The Morgan fingerprint density at radius 3 is 2.78 bits per heavy atom. The minimum Gasteiger partial charge on any atom is -0.328 e. The summed E-state index contributed by atoms with van der Waals surface area (Å²) in [5, 5.41) is 15.1. The molecule has 0 bridgehead atoms. The van der Waals surface area contributed by atoms with Crippen LogP contribution >= 0.6 is 0 Å². The van der Waals surface area contributed by atoms with Crippen molar-refractivity contribution >= 4 is 28.3 Å². The normalized spacial score (nSPS) is 12.6. The van der Waals surface area contributed by atoms with Gasteiger partial charge in [0.1, 0.15) is 5.82 Å². The van der Waals surface area contributed by atoms with Crippen molar-refractivity contribution < 1.29 is 9.18 Å². The molecule has 0 radical (unpaired) electrons. The van der Waals surface area contributed by atoms with Gasteiger partial charge in [-0.25, -0.2) is 19.5 Å². The second-order valence-corrected chi connectivity index (χ2v) is 8.89. The first kappa shape index (κ1) is 22.5. The van der Waals surface area contributed by atoms with Crippen LogP contribution in [0.4, 0.5) is 16.0 Å². The molecule has 37 heavy (non-hydrogen) atoms. The molecule has 2 aromatic carbocycles. The lowest BCUT2D eigenvalue weighted by molar-refractivity contribution is 0.0745. The van der Waals surface area contributed by atoms with Crippen LogP contribution in [0, 0.1) is 5.82 Å². The number of H-pyrrole nitrogens is 1. The number of benzene rings is 2. The number of hydrogen-bond acceptors (Lipinski definition) is 7. The quantitative estimate of drug-likeness (QED) is 0.384. The molecule has 0 atom stereocenters. The van der Waals surface area contributed by atoms with E-state index in [1.807, 2.05) is 19.2 Å². The minimum absolute atomic E-state index is 0.0271. The van der Waals surface area contributed by atoms with Crippen molar-refractivity contribution in [1.82, 2.24) is 34.8 Å². The van der Waals surface area contributed by atoms with E-state index >= 15 is 0 Å². The number of aromatic nitrogens is 6. The number of carbonyl (C=O) groups excluding carboxylic acids is 1. The molecule has 1 aliphatic heterocycles. The van der Waals surface area contributed by atoms with E-state index in [4.69, 9.17) is 0 Å². The van der Waals surface area contributed by atoms with Gasteiger partial charge in [-0.3, -0.25) is 14.3 Å². The number of aromatic amines is 1. The standard InChI is InChI=1S/C26H21FN8O2/c1-34-13-17(11-29-34)30-26-28-10-16-12-35(14-23(16)31-26)25(37)20-8-15(6-7-21(20)27)9-22-18-4-2-3-5-19(18)24(36)33-32-22/h2-8,10-11,13H,9,12,14H2,1H3,(H,33,36)(H,28,30,31). The maximum absolute atomic E-state index is 14.8. The van der Waals surface area contributed by atoms with E-state index in [2.05, 4.69) is 30.6 Å². The first-order valence-electron chi connectivity index (χ1n) is 11.6. The molecule has 0 spiro atoms. The zero-order valence-corrected chi connectivity index (χ0v) is 19.8. The van der Waals surface area contributed by atoms with Crippen LogP contribution in [0.15, 0.2) is 65.8 Å². The van der Waals surface area contributed by atoms with Crippen molar-refractivity contribution in [2.75, 3.05) is 5.32 Å². The van der Waals surface area contributed by atoms with Gasteiger partial charge in [-0.2, -0.15) is 10.2 Å². The van der Waals surface area contributed by atoms with Crippen molar-refractivity contribution in [2.24, 2.45) is 7.05 Å². The van der Waals surface area contributed by atoms with E-state index in [1.54, 1.807) is 52.4 Å². The molecular formula is C26H21FN8O2. The van der Waals surface area contributed by atoms with Gasteiger partial charge in [0.25, 0.3) is 11.5 Å². The number of nitrogens with one attached hydrogen (secondary N) is 2. The van der Waals surface area contributed by atoms with Crippen LogP contribution in [0.5, 0.6) is 0 Å². The number of hydrogen-bond donors (Lipinski definition) is 2. The molecule has 0 aliphatic carbocycles. The van der Waals surface area contributed by atoms with Crippen molar-refractivity contribution in [3.63, 3.8) is 0 Å². The number of fused-ring (bicyclic) bond motifs is 2. The first-order valence-corrected chi connectivity index (χ1v) is 11.6. The maximum atomic E-state index is 14.8. The van der Waals surface area contributed by atoms with Gasteiger partial charge in [0.15, 0.2) is 0 Å². The molecule has 1 aliphatic rings. The number of aryl methyl sites for hydroxylation is 1. The highest BCUT2D eigenvalue weighted by molar-refractivity contribution is 5.95. The SMILES string of the molecule is Cn1cc(Nc2ncc3c(n2)CN(C(=O)c2cc(Cc4n[nH]c(=O)c5ccccc45)ccc2F)C3)cn1. The van der Waals surface area contributed by atoms with Crippen LogP contribution in [-0.4, -0.2) is 40.8 Å². The third-order valence-corrected chi connectivity index (χ3v) is 6.31. The summed E-state index contributed by atoms with van der Waals surface area (Å²) < 4.78 is 16.5. The van der Waals surface area contributed by atoms with Gasteiger partial charge in [0.2, 0.25) is 5.95 Å². The topological polar surface area (TPSA) is 122 Å². The summed E-state index contributed by atoms with van der Waals surface area (Å²) in [4.78, 5) is 35.8. The van der Waals surface area contributed by atoms with Gasteiger partial charge in [-0.15, -0.1) is 0 Å². The predicted octanol–water partition coefficient (Wildman–Crippen LogP) is 3.08. The summed E-state index contributed by atoms with van der Waals surface area (Å²) in [5.74, 6) is -0.637. The molecule has 3 aromatic heterocycles. The second kappa shape index (κ2) is 8.94. The fourth-order valence-electron chi connectivity index (χ4n) is 4.49. The Balaban J connectivity index is 1.22. The molecule has 0 saturated carbocycles. The molecule has 0 fully saturated rings. The fourth-order valence-corrected chi connectivity index (χ4v) is 4.49. The Kier molecular flexibility index (Phi) is 5.44. The lowest BCUT2D eigenvalue weighted by Gasteiger charge is -2.16. The summed E-state index contributed by atoms with van der Waals surface area (Å²) in [6.07, 6.45) is 5.46. The van der Waals surface area contributed by atoms with E-state index in [1.165, 1.54) is 6.07 Å². The highest BCUT2D eigenvalue weighted by Gasteiger charge is 2.28. The molecule has 5 aromatic rings. The highest BCUT2D eigenvalue weighted by Crippen LogP contribution is 2.26. The molecule has 0 saturated heterocycles. The van der Waals surface area contributed by atoms with Crippen LogP contribution in [0.3, 0.4) is 0 Å². The summed E-state index contributed by atoms with van der Waals surface area (Å²) in [6, 6.07) is 11.6. The smallest absolute Gasteiger partial charge is 0.272 e. The van der Waals surface area contributed by atoms with Crippen LogP contribution in [0.1, 0.15) is 32.9 Å². The number of nitrogens with zero attached hydrogens (tertiary/aromatic N) is 6. The van der Waals surface area contributed by atoms with E-state index in [0.717, 1.165) is 11.3 Å². The molecule has 184 valence electrons. The van der Waals surface area contributed by atoms with E-state index < -0.39 is 11.7 Å². The third kappa shape index (κ3) is 4.31. The highest BCUT2D eigenvalue weighted by atomic mass is 19.1. The van der Waals surface area contributed by atoms with E-state index in [9.17, 15) is 14.0 Å². The Morgan fingerprint density at radius 1 is 1.14 bits per heavy atom. The average Bonchev–Trinajstić information content (AvgIpc) is 3.52. The monoisotopic (exact) mass is 496 g/mol. The van der Waals surface area contributed by atoms with Crippen LogP contribution in [0.2, 0.25) is 0 Å². The van der Waals surface area contributed by atoms with E-state index in [-0.39, 0.29) is 24.2 Å². The second-order valence-electron chi connectivity index (χ2n) is 8.89. The van der Waals surface area contributed by atoms with Gasteiger partial charge >= 0.3 is 0 Å². The number of anilines is 2. The summed E-state index contributed by atoms with van der Waals surface area (Å²) in [7, 11) is 1.81. The zero-order chi connectivity index (χ0) is 25.5. The predicted molar refractivity (Wildman–Crippen MR) is 134 cm³/mol. The van der Waals surface area contributed by atoms with Gasteiger partial charge in [0, 0.05) is 43.4 Å². The Morgan fingerprint density at radius 2 is 1.97 bits per heavy atom. The fraction of sp³-hybridized carbons (Fsp3) is 0.154. The molecule has 2 N–H and O–H groups in total. The summed E-state index contributed by atoms with van der Waals surface area (Å²) >= 11 is 0. The molecular weight excluding hydrogens is 475 g/mol. The zero-order valence-electron chi connectivity index (χ0n) is 19.8. The lowest BCUT2D eigenvalue weighted by atomic mass is 10.0. The molecule has 4 heterocycles. The maximum Gasteiger partial charge on any atom is 0.272 e. The van der Waals surface area contributed by atoms with E-state index in [0.29, 0.717) is 40.1 Å². The number of halogens is 1. The molecule has 0 unspecified atom stereocenters. The van der Waals surface area contributed by atoms with Crippen molar-refractivity contribution in [3.05, 3.63) is 105 Å². The average molecular weight is 497 g/mol.